The van der Waals surface area contributed by atoms with Crippen molar-refractivity contribution in [1.82, 2.24) is 25.6 Å². The first-order valence-corrected chi connectivity index (χ1v) is 9.33. The summed E-state index contributed by atoms with van der Waals surface area (Å²) >= 11 is 0. The van der Waals surface area contributed by atoms with Crippen molar-refractivity contribution in [3.63, 3.8) is 0 Å². The van der Waals surface area contributed by atoms with Crippen LogP contribution in [0.2, 0.25) is 0 Å². The first-order valence-electron chi connectivity index (χ1n) is 9.33. The van der Waals surface area contributed by atoms with Crippen LogP contribution in [0.25, 0.3) is 0 Å². The van der Waals surface area contributed by atoms with E-state index in [0.717, 1.165) is 6.42 Å². The molecule has 2 rings (SSSR count). The number of hydrogen-bond donors (Lipinski definition) is 6. The number of nitrogens with zero attached hydrogens (tertiary/aromatic N) is 3. The number of aromatic nitrogens is 3. The summed E-state index contributed by atoms with van der Waals surface area (Å²) in [5.74, 6) is -0.0914. The van der Waals surface area contributed by atoms with Crippen molar-refractivity contribution in [2.45, 2.75) is 19.8 Å². The molecule has 0 unspecified atom stereocenters. The molecule has 12 nitrogen and oxygen atoms in total. The van der Waals surface area contributed by atoms with Crippen molar-refractivity contribution in [2.24, 2.45) is 0 Å². The Bertz CT molecular complexity index is 863. The summed E-state index contributed by atoms with van der Waals surface area (Å²) in [4.78, 5) is 47.1. The highest BCUT2D eigenvalue weighted by Crippen LogP contribution is 2.14. The molecule has 2 heterocycles. The van der Waals surface area contributed by atoms with Crippen molar-refractivity contribution in [1.29, 1.82) is 0 Å². The Kier molecular flexibility index (Phi) is 8.77. The lowest BCUT2D eigenvalue weighted by molar-refractivity contribution is 0.0953. The number of anilines is 3. The summed E-state index contributed by atoms with van der Waals surface area (Å²) in [5.41, 5.74) is 0.773. The number of hydrogen-bond acceptors (Lipinski definition) is 7. The molecule has 0 aliphatic rings. The van der Waals surface area contributed by atoms with E-state index in [1.807, 2.05) is 6.92 Å². The van der Waals surface area contributed by atoms with E-state index in [1.165, 1.54) is 6.20 Å². The quantitative estimate of drug-likeness (QED) is 0.318. The van der Waals surface area contributed by atoms with Crippen LogP contribution in [0, 0.1) is 0 Å². The topological polar surface area (TPSA) is 170 Å². The highest BCUT2D eigenvalue weighted by Gasteiger charge is 2.15. The number of urea groups is 1. The highest BCUT2D eigenvalue weighted by atomic mass is 16.4. The lowest BCUT2D eigenvalue weighted by atomic mass is 10.2. The van der Waals surface area contributed by atoms with Gasteiger partial charge in [0.25, 0.3) is 5.91 Å². The average molecular weight is 416 g/mol. The molecule has 12 heteroatoms. The lowest BCUT2D eigenvalue weighted by Crippen LogP contribution is -2.30. The van der Waals surface area contributed by atoms with Crippen LogP contribution in [-0.2, 0) is 0 Å². The molecule has 160 valence electrons. The Balaban J connectivity index is 1.99. The third-order valence-corrected chi connectivity index (χ3v) is 3.65. The molecule has 0 spiro atoms. The molecular formula is C18H24N8O4. The standard InChI is InChI=1S/C18H24N8O4/c1-2-6-20-14-13(15(27)21-7-3-8-22-18(29)30)11-23-16(25-14)26-17(28)24-12-4-9-19-10-5-12/h4-5,9-11,22H,2-3,6-8H2,1H3,(H,21,27)(H,29,30)(H3,19,20,23,24,25,26,28). The molecule has 0 bridgehead atoms. The normalized spacial score (nSPS) is 10.0. The van der Waals surface area contributed by atoms with Crippen molar-refractivity contribution in [3.05, 3.63) is 36.3 Å². The van der Waals surface area contributed by atoms with Crippen LogP contribution in [0.4, 0.5) is 27.0 Å². The first-order chi connectivity index (χ1) is 14.5. The number of amides is 4. The second-order valence-corrected chi connectivity index (χ2v) is 6.04. The van der Waals surface area contributed by atoms with E-state index in [2.05, 4.69) is 41.5 Å². The van der Waals surface area contributed by atoms with E-state index in [1.54, 1.807) is 24.5 Å². The van der Waals surface area contributed by atoms with Crippen LogP contribution < -0.4 is 26.6 Å². The number of nitrogens with one attached hydrogen (secondary N) is 5. The molecular weight excluding hydrogens is 392 g/mol. The van der Waals surface area contributed by atoms with E-state index in [-0.39, 0.29) is 30.4 Å². The fourth-order valence-corrected chi connectivity index (χ4v) is 2.27. The number of carbonyl (C=O) groups is 3. The van der Waals surface area contributed by atoms with Gasteiger partial charge in [0.2, 0.25) is 5.95 Å². The van der Waals surface area contributed by atoms with Crippen molar-refractivity contribution >= 4 is 35.5 Å². The van der Waals surface area contributed by atoms with Gasteiger partial charge in [-0.1, -0.05) is 6.92 Å². The van der Waals surface area contributed by atoms with Gasteiger partial charge >= 0.3 is 12.1 Å². The SMILES string of the molecule is CCCNc1nc(NC(=O)Nc2ccncc2)ncc1C(=O)NCCCNC(=O)O. The molecule has 0 radical (unpaired) electrons. The summed E-state index contributed by atoms with van der Waals surface area (Å²) in [6, 6.07) is 2.73. The smallest absolute Gasteiger partial charge is 0.404 e. The van der Waals surface area contributed by atoms with Gasteiger partial charge in [-0.15, -0.1) is 0 Å². The van der Waals surface area contributed by atoms with Gasteiger partial charge in [0.15, 0.2) is 0 Å². The molecule has 0 aliphatic heterocycles. The van der Waals surface area contributed by atoms with Crippen molar-refractivity contribution in [3.8, 4) is 0 Å². The summed E-state index contributed by atoms with van der Waals surface area (Å²) in [6.45, 7) is 3.04. The van der Waals surface area contributed by atoms with Gasteiger partial charge in [0, 0.05) is 43.9 Å². The minimum atomic E-state index is -1.11. The predicted molar refractivity (Wildman–Crippen MR) is 111 cm³/mol. The molecule has 0 saturated heterocycles. The van der Waals surface area contributed by atoms with Gasteiger partial charge in [-0.2, -0.15) is 4.98 Å². The van der Waals surface area contributed by atoms with Crippen molar-refractivity contribution in [2.75, 3.05) is 35.6 Å². The molecule has 6 N–H and O–H groups in total. The number of carboxylic acid groups (broad SMARTS) is 1. The minimum Gasteiger partial charge on any atom is -0.465 e. The number of pyridine rings is 1. The van der Waals surface area contributed by atoms with E-state index >= 15 is 0 Å². The van der Waals surface area contributed by atoms with Crippen LogP contribution in [0.15, 0.2) is 30.7 Å². The maximum absolute atomic E-state index is 12.4. The fraction of sp³-hybridized carbons (Fsp3) is 0.333. The molecule has 0 atom stereocenters. The van der Waals surface area contributed by atoms with Crippen LogP contribution >= 0.6 is 0 Å². The van der Waals surface area contributed by atoms with Gasteiger partial charge in [-0.25, -0.2) is 14.6 Å². The van der Waals surface area contributed by atoms with Gasteiger partial charge in [0.1, 0.15) is 11.4 Å². The van der Waals surface area contributed by atoms with Gasteiger partial charge in [-0.3, -0.25) is 15.1 Å². The Morgan fingerprint density at radius 3 is 2.47 bits per heavy atom. The van der Waals surface area contributed by atoms with E-state index in [0.29, 0.717) is 18.7 Å². The van der Waals surface area contributed by atoms with Gasteiger partial charge in [0.05, 0.1) is 0 Å². The summed E-state index contributed by atoms with van der Waals surface area (Å²) < 4.78 is 0. The van der Waals surface area contributed by atoms with Crippen molar-refractivity contribution < 1.29 is 19.5 Å². The average Bonchev–Trinajstić information content (AvgIpc) is 2.72. The predicted octanol–water partition coefficient (Wildman–Crippen LogP) is 1.72. The monoisotopic (exact) mass is 416 g/mol. The molecule has 2 aromatic heterocycles. The third kappa shape index (κ3) is 7.58. The Morgan fingerprint density at radius 1 is 1.03 bits per heavy atom. The highest BCUT2D eigenvalue weighted by molar-refractivity contribution is 6.00. The molecule has 4 amide bonds. The Labute approximate surface area is 172 Å². The zero-order chi connectivity index (χ0) is 21.8. The maximum Gasteiger partial charge on any atom is 0.404 e. The zero-order valence-corrected chi connectivity index (χ0v) is 16.4. The Hall–Kier alpha value is -3.96. The lowest BCUT2D eigenvalue weighted by Gasteiger charge is -2.13. The fourth-order valence-electron chi connectivity index (χ4n) is 2.27. The van der Waals surface area contributed by atoms with Gasteiger partial charge in [-0.05, 0) is 25.0 Å². The van der Waals surface area contributed by atoms with Crippen LogP contribution in [0.1, 0.15) is 30.1 Å². The number of carbonyl (C=O) groups excluding carboxylic acids is 2. The maximum atomic E-state index is 12.4. The summed E-state index contributed by atoms with van der Waals surface area (Å²) in [6.07, 6.45) is 4.53. The van der Waals surface area contributed by atoms with E-state index in [4.69, 9.17) is 5.11 Å². The van der Waals surface area contributed by atoms with E-state index < -0.39 is 18.0 Å². The minimum absolute atomic E-state index is 0.0300. The van der Waals surface area contributed by atoms with Gasteiger partial charge < -0.3 is 26.4 Å². The molecule has 2 aromatic rings. The molecule has 0 aromatic carbocycles. The number of rotatable bonds is 10. The van der Waals surface area contributed by atoms with Crippen LogP contribution in [0.3, 0.4) is 0 Å². The molecule has 0 fully saturated rings. The molecule has 0 saturated carbocycles. The molecule has 0 aliphatic carbocycles. The third-order valence-electron chi connectivity index (χ3n) is 3.65. The zero-order valence-electron chi connectivity index (χ0n) is 16.4. The largest absolute Gasteiger partial charge is 0.465 e. The summed E-state index contributed by atoms with van der Waals surface area (Å²) in [7, 11) is 0. The van der Waals surface area contributed by atoms with Crippen LogP contribution in [0.5, 0.6) is 0 Å². The summed E-state index contributed by atoms with van der Waals surface area (Å²) in [5, 5.41) is 21.6. The Morgan fingerprint density at radius 2 is 1.77 bits per heavy atom. The first kappa shape index (κ1) is 22.3. The second-order valence-electron chi connectivity index (χ2n) is 6.04. The second kappa shape index (κ2) is 11.8. The molecule has 30 heavy (non-hydrogen) atoms. The van der Waals surface area contributed by atoms with E-state index in [9.17, 15) is 14.4 Å². The van der Waals surface area contributed by atoms with Crippen LogP contribution in [-0.4, -0.2) is 57.7 Å².